The van der Waals surface area contributed by atoms with Crippen molar-refractivity contribution in [3.05, 3.63) is 65.7 Å². The largest absolute Gasteiger partial charge is 0.334 e. The van der Waals surface area contributed by atoms with Gasteiger partial charge in [-0.1, -0.05) is 37.3 Å². The lowest BCUT2D eigenvalue weighted by molar-refractivity contribution is 0.0737. The number of carbonyl (C=O) groups is 1. The van der Waals surface area contributed by atoms with Crippen LogP contribution in [0.2, 0.25) is 0 Å². The molecule has 0 atom stereocenters. The maximum Gasteiger partial charge on any atom is 0.258 e. The molecule has 0 N–H and O–H groups in total. The Morgan fingerprint density at radius 3 is 2.60 bits per heavy atom. The molecular weight excluding hydrogens is 255 g/mol. The zero-order valence-corrected chi connectivity index (χ0v) is 11.4. The predicted octanol–water partition coefficient (Wildman–Crippen LogP) is 3.27. The zero-order chi connectivity index (χ0) is 14.4. The van der Waals surface area contributed by atoms with E-state index in [1.165, 1.54) is 12.3 Å². The average molecular weight is 272 g/mol. The second-order valence-corrected chi connectivity index (χ2v) is 4.55. The Bertz CT molecular complexity index is 572. The minimum absolute atomic E-state index is 0.0249. The van der Waals surface area contributed by atoms with Gasteiger partial charge in [-0.25, -0.2) is 4.98 Å². The van der Waals surface area contributed by atoms with Crippen molar-refractivity contribution >= 4 is 5.91 Å². The highest BCUT2D eigenvalue weighted by molar-refractivity contribution is 5.94. The molecule has 3 nitrogen and oxygen atoms in total. The highest BCUT2D eigenvalue weighted by Crippen LogP contribution is 2.12. The minimum atomic E-state index is -0.716. The van der Waals surface area contributed by atoms with Crippen molar-refractivity contribution < 1.29 is 9.18 Å². The number of aromatic nitrogens is 1. The maximum absolute atomic E-state index is 13.6. The summed E-state index contributed by atoms with van der Waals surface area (Å²) in [7, 11) is 0. The van der Waals surface area contributed by atoms with E-state index >= 15 is 0 Å². The Morgan fingerprint density at radius 2 is 1.95 bits per heavy atom. The molecule has 2 aromatic rings. The normalized spacial score (nSPS) is 10.3. The third kappa shape index (κ3) is 3.41. The van der Waals surface area contributed by atoms with Gasteiger partial charge in [0, 0.05) is 19.3 Å². The number of halogens is 1. The van der Waals surface area contributed by atoms with Crippen LogP contribution in [-0.2, 0) is 6.54 Å². The number of amides is 1. The van der Waals surface area contributed by atoms with Crippen molar-refractivity contribution in [3.8, 4) is 0 Å². The molecule has 0 saturated heterocycles. The standard InChI is InChI=1S/C16H17FN2O/c1-2-11-19(12-13-7-4-3-5-8-13)16(20)14-9-6-10-18-15(14)17/h3-10H,2,11-12H2,1H3. The van der Waals surface area contributed by atoms with Gasteiger partial charge in [-0.05, 0) is 24.1 Å². The third-order valence-corrected chi connectivity index (χ3v) is 2.99. The first-order chi connectivity index (χ1) is 9.72. The Balaban J connectivity index is 2.20. The highest BCUT2D eigenvalue weighted by Gasteiger charge is 2.19. The van der Waals surface area contributed by atoms with Crippen molar-refractivity contribution in [1.82, 2.24) is 9.88 Å². The molecule has 0 saturated carbocycles. The molecule has 0 spiro atoms. The predicted molar refractivity (Wildman–Crippen MR) is 75.7 cm³/mol. The molecule has 0 fully saturated rings. The molecule has 0 aliphatic carbocycles. The van der Waals surface area contributed by atoms with E-state index in [1.807, 2.05) is 37.3 Å². The monoisotopic (exact) mass is 272 g/mol. The van der Waals surface area contributed by atoms with Crippen molar-refractivity contribution in [2.45, 2.75) is 19.9 Å². The van der Waals surface area contributed by atoms with Crippen LogP contribution in [0.15, 0.2) is 48.7 Å². The molecule has 2 rings (SSSR count). The second kappa shape index (κ2) is 6.80. The van der Waals surface area contributed by atoms with Gasteiger partial charge in [0.2, 0.25) is 5.95 Å². The van der Waals surface area contributed by atoms with Crippen LogP contribution < -0.4 is 0 Å². The fraction of sp³-hybridized carbons (Fsp3) is 0.250. The smallest absolute Gasteiger partial charge is 0.258 e. The molecule has 1 aromatic heterocycles. The zero-order valence-electron chi connectivity index (χ0n) is 11.4. The number of hydrogen-bond donors (Lipinski definition) is 0. The number of benzene rings is 1. The molecule has 0 unspecified atom stereocenters. The van der Waals surface area contributed by atoms with E-state index in [4.69, 9.17) is 0 Å². The van der Waals surface area contributed by atoms with Gasteiger partial charge in [0.15, 0.2) is 0 Å². The maximum atomic E-state index is 13.6. The summed E-state index contributed by atoms with van der Waals surface area (Å²) < 4.78 is 13.6. The van der Waals surface area contributed by atoms with Gasteiger partial charge in [-0.3, -0.25) is 4.79 Å². The van der Waals surface area contributed by atoms with Gasteiger partial charge in [0.05, 0.1) is 5.56 Å². The van der Waals surface area contributed by atoms with Gasteiger partial charge in [0.25, 0.3) is 5.91 Å². The molecule has 20 heavy (non-hydrogen) atoms. The summed E-state index contributed by atoms with van der Waals surface area (Å²) in [6, 6.07) is 12.7. The van der Waals surface area contributed by atoms with Crippen molar-refractivity contribution in [2.75, 3.05) is 6.54 Å². The van der Waals surface area contributed by atoms with E-state index < -0.39 is 5.95 Å². The molecule has 0 radical (unpaired) electrons. The third-order valence-electron chi connectivity index (χ3n) is 2.99. The molecule has 1 amide bonds. The number of pyridine rings is 1. The number of nitrogens with zero attached hydrogens (tertiary/aromatic N) is 2. The molecule has 1 aromatic carbocycles. The molecular formula is C16H17FN2O. The second-order valence-electron chi connectivity index (χ2n) is 4.55. The van der Waals surface area contributed by atoms with E-state index in [0.29, 0.717) is 13.1 Å². The lowest BCUT2D eigenvalue weighted by atomic mass is 10.1. The summed E-state index contributed by atoms with van der Waals surface area (Å²) in [5.74, 6) is -1.03. The summed E-state index contributed by atoms with van der Waals surface area (Å²) >= 11 is 0. The Morgan fingerprint density at radius 1 is 1.20 bits per heavy atom. The number of rotatable bonds is 5. The Hall–Kier alpha value is -2.23. The molecule has 0 bridgehead atoms. The first-order valence-corrected chi connectivity index (χ1v) is 6.66. The Labute approximate surface area is 118 Å². The summed E-state index contributed by atoms with van der Waals surface area (Å²) in [6.45, 7) is 3.05. The van der Waals surface area contributed by atoms with Crippen LogP contribution in [0.3, 0.4) is 0 Å². The fourth-order valence-electron chi connectivity index (χ4n) is 2.04. The molecule has 104 valence electrons. The van der Waals surface area contributed by atoms with Crippen LogP contribution >= 0.6 is 0 Å². The molecule has 0 aliphatic heterocycles. The minimum Gasteiger partial charge on any atom is -0.334 e. The number of hydrogen-bond acceptors (Lipinski definition) is 2. The summed E-state index contributed by atoms with van der Waals surface area (Å²) in [5, 5.41) is 0. The topological polar surface area (TPSA) is 33.2 Å². The van der Waals surface area contributed by atoms with Gasteiger partial charge in [0.1, 0.15) is 0 Å². The van der Waals surface area contributed by atoms with E-state index in [2.05, 4.69) is 4.98 Å². The average Bonchev–Trinajstić information content (AvgIpc) is 2.48. The van der Waals surface area contributed by atoms with Crippen LogP contribution in [0.1, 0.15) is 29.3 Å². The van der Waals surface area contributed by atoms with E-state index in [9.17, 15) is 9.18 Å². The van der Waals surface area contributed by atoms with Crippen LogP contribution in [0.5, 0.6) is 0 Å². The van der Waals surface area contributed by atoms with Crippen molar-refractivity contribution in [3.63, 3.8) is 0 Å². The first-order valence-electron chi connectivity index (χ1n) is 6.66. The first kappa shape index (κ1) is 14.2. The van der Waals surface area contributed by atoms with E-state index in [1.54, 1.807) is 11.0 Å². The SMILES string of the molecule is CCCN(Cc1ccccc1)C(=O)c1cccnc1F. The van der Waals surface area contributed by atoms with Gasteiger partial charge in [-0.15, -0.1) is 0 Å². The van der Waals surface area contributed by atoms with E-state index in [0.717, 1.165) is 12.0 Å². The van der Waals surface area contributed by atoms with Crippen LogP contribution in [0.25, 0.3) is 0 Å². The van der Waals surface area contributed by atoms with Crippen LogP contribution in [0, 0.1) is 5.95 Å². The highest BCUT2D eigenvalue weighted by atomic mass is 19.1. The van der Waals surface area contributed by atoms with Gasteiger partial charge >= 0.3 is 0 Å². The molecule has 1 heterocycles. The van der Waals surface area contributed by atoms with Crippen molar-refractivity contribution in [1.29, 1.82) is 0 Å². The lowest BCUT2D eigenvalue weighted by Crippen LogP contribution is -2.32. The van der Waals surface area contributed by atoms with Crippen LogP contribution in [-0.4, -0.2) is 22.3 Å². The Kier molecular flexibility index (Phi) is 4.82. The summed E-state index contributed by atoms with van der Waals surface area (Å²) in [6.07, 6.45) is 2.16. The van der Waals surface area contributed by atoms with Gasteiger partial charge in [-0.2, -0.15) is 4.39 Å². The lowest BCUT2D eigenvalue weighted by Gasteiger charge is -2.22. The fourth-order valence-corrected chi connectivity index (χ4v) is 2.04. The molecule has 4 heteroatoms. The summed E-state index contributed by atoms with van der Waals surface area (Å²) in [5.41, 5.74) is 1.05. The van der Waals surface area contributed by atoms with E-state index in [-0.39, 0.29) is 11.5 Å². The van der Waals surface area contributed by atoms with Crippen LogP contribution in [0.4, 0.5) is 4.39 Å². The van der Waals surface area contributed by atoms with Crippen molar-refractivity contribution in [2.24, 2.45) is 0 Å². The van der Waals surface area contributed by atoms with Gasteiger partial charge < -0.3 is 4.90 Å². The summed E-state index contributed by atoms with van der Waals surface area (Å²) in [4.78, 5) is 17.6. The molecule has 0 aliphatic rings. The number of carbonyl (C=O) groups excluding carboxylic acids is 1. The quantitative estimate of drug-likeness (QED) is 0.783.